The molecule has 0 aliphatic rings. The van der Waals surface area contributed by atoms with E-state index in [2.05, 4.69) is 15.5 Å². The zero-order valence-corrected chi connectivity index (χ0v) is 15.1. The molecule has 0 aliphatic heterocycles. The van der Waals surface area contributed by atoms with E-state index in [1.807, 2.05) is 18.2 Å². The minimum Gasteiger partial charge on any atom is -0.497 e. The Morgan fingerprint density at radius 2 is 1.67 bits per heavy atom. The summed E-state index contributed by atoms with van der Waals surface area (Å²) >= 11 is 5.92. The van der Waals surface area contributed by atoms with Crippen molar-refractivity contribution in [2.45, 2.75) is 0 Å². The predicted octanol–water partition coefficient (Wildman–Crippen LogP) is 4.33. The van der Waals surface area contributed by atoms with Crippen molar-refractivity contribution in [1.29, 1.82) is 0 Å². The first-order valence-electron chi connectivity index (χ1n) is 8.21. The van der Waals surface area contributed by atoms with E-state index in [1.165, 1.54) is 4.80 Å². The molecule has 27 heavy (non-hydrogen) atoms. The van der Waals surface area contributed by atoms with E-state index in [-0.39, 0.29) is 5.91 Å². The van der Waals surface area contributed by atoms with Crippen LogP contribution in [0.25, 0.3) is 16.7 Å². The molecule has 0 spiro atoms. The molecule has 0 saturated heterocycles. The summed E-state index contributed by atoms with van der Waals surface area (Å²) < 4.78 is 5.10. The largest absolute Gasteiger partial charge is 0.497 e. The fourth-order valence-corrected chi connectivity index (χ4v) is 2.75. The lowest BCUT2D eigenvalue weighted by Crippen LogP contribution is -2.11. The van der Waals surface area contributed by atoms with Crippen molar-refractivity contribution in [2.24, 2.45) is 0 Å². The Balaban J connectivity index is 1.57. The Labute approximate surface area is 160 Å². The van der Waals surface area contributed by atoms with Crippen LogP contribution in [0.3, 0.4) is 0 Å². The van der Waals surface area contributed by atoms with Crippen molar-refractivity contribution in [3.05, 3.63) is 77.3 Å². The molecule has 3 aromatic carbocycles. The zero-order valence-electron chi connectivity index (χ0n) is 14.4. The van der Waals surface area contributed by atoms with E-state index in [0.29, 0.717) is 27.5 Å². The predicted molar refractivity (Wildman–Crippen MR) is 105 cm³/mol. The highest BCUT2D eigenvalue weighted by Gasteiger charge is 2.09. The van der Waals surface area contributed by atoms with E-state index in [1.54, 1.807) is 55.6 Å². The van der Waals surface area contributed by atoms with Crippen molar-refractivity contribution in [3.8, 4) is 11.4 Å². The maximum absolute atomic E-state index is 12.4. The highest BCUT2D eigenvalue weighted by molar-refractivity contribution is 6.30. The van der Waals surface area contributed by atoms with Gasteiger partial charge in [-0.2, -0.15) is 4.80 Å². The Hall–Kier alpha value is -3.38. The van der Waals surface area contributed by atoms with Gasteiger partial charge in [-0.1, -0.05) is 11.6 Å². The summed E-state index contributed by atoms with van der Waals surface area (Å²) in [4.78, 5) is 13.9. The maximum atomic E-state index is 12.4. The smallest absolute Gasteiger partial charge is 0.255 e. The van der Waals surface area contributed by atoms with Crippen LogP contribution in [0.4, 0.5) is 5.69 Å². The third-order valence-corrected chi connectivity index (χ3v) is 4.30. The molecule has 7 heteroatoms. The number of halogens is 1. The first kappa shape index (κ1) is 17.1. The molecule has 0 atom stereocenters. The summed E-state index contributed by atoms with van der Waals surface area (Å²) in [7, 11) is 1.58. The van der Waals surface area contributed by atoms with Gasteiger partial charge in [0.05, 0.1) is 12.8 Å². The first-order chi connectivity index (χ1) is 13.1. The Kier molecular flexibility index (Phi) is 4.48. The lowest BCUT2D eigenvalue weighted by Gasteiger charge is -2.06. The molecule has 1 amide bonds. The molecular weight excluding hydrogens is 364 g/mol. The van der Waals surface area contributed by atoms with Crippen LogP contribution in [0.5, 0.6) is 5.75 Å². The monoisotopic (exact) mass is 378 g/mol. The van der Waals surface area contributed by atoms with Crippen LogP contribution in [-0.4, -0.2) is 28.0 Å². The van der Waals surface area contributed by atoms with E-state index >= 15 is 0 Å². The summed E-state index contributed by atoms with van der Waals surface area (Å²) in [6, 6.07) is 19.6. The van der Waals surface area contributed by atoms with Gasteiger partial charge in [0.15, 0.2) is 0 Å². The normalized spacial score (nSPS) is 10.7. The number of hydrogen-bond acceptors (Lipinski definition) is 4. The van der Waals surface area contributed by atoms with Gasteiger partial charge in [-0.25, -0.2) is 0 Å². The number of aromatic nitrogens is 3. The quantitative estimate of drug-likeness (QED) is 0.573. The van der Waals surface area contributed by atoms with Gasteiger partial charge >= 0.3 is 0 Å². The Morgan fingerprint density at radius 3 is 2.37 bits per heavy atom. The van der Waals surface area contributed by atoms with Gasteiger partial charge in [-0.3, -0.25) is 4.79 Å². The SMILES string of the molecule is COc1ccc(C(=O)Nc2ccc3nn(-c4ccc(Cl)cc4)nc3c2)cc1. The van der Waals surface area contributed by atoms with Gasteiger partial charge in [0.1, 0.15) is 16.8 Å². The van der Waals surface area contributed by atoms with Gasteiger partial charge in [-0.15, -0.1) is 10.2 Å². The molecule has 6 nitrogen and oxygen atoms in total. The van der Waals surface area contributed by atoms with Gasteiger partial charge < -0.3 is 10.1 Å². The third kappa shape index (κ3) is 3.61. The number of amides is 1. The van der Waals surface area contributed by atoms with E-state index in [4.69, 9.17) is 16.3 Å². The zero-order chi connectivity index (χ0) is 18.8. The number of ether oxygens (including phenoxy) is 1. The number of anilines is 1. The summed E-state index contributed by atoms with van der Waals surface area (Å²) in [6.07, 6.45) is 0. The molecule has 4 aromatic rings. The average Bonchev–Trinajstić information content (AvgIpc) is 3.12. The number of carbonyl (C=O) groups is 1. The molecule has 4 rings (SSSR count). The number of rotatable bonds is 4. The summed E-state index contributed by atoms with van der Waals surface area (Å²) in [5, 5.41) is 12.4. The molecule has 1 N–H and O–H groups in total. The van der Waals surface area contributed by atoms with Gasteiger partial charge in [0.2, 0.25) is 0 Å². The summed E-state index contributed by atoms with van der Waals surface area (Å²) in [6.45, 7) is 0. The number of benzene rings is 3. The van der Waals surface area contributed by atoms with Crippen LogP contribution in [0.2, 0.25) is 5.02 Å². The maximum Gasteiger partial charge on any atom is 0.255 e. The summed E-state index contributed by atoms with van der Waals surface area (Å²) in [5.74, 6) is 0.494. The van der Waals surface area contributed by atoms with Crippen molar-refractivity contribution in [3.63, 3.8) is 0 Å². The molecule has 134 valence electrons. The van der Waals surface area contributed by atoms with E-state index in [9.17, 15) is 4.79 Å². The number of carbonyl (C=O) groups excluding carboxylic acids is 1. The van der Waals surface area contributed by atoms with E-state index in [0.717, 1.165) is 11.2 Å². The number of hydrogen-bond donors (Lipinski definition) is 1. The van der Waals surface area contributed by atoms with Crippen LogP contribution in [0.15, 0.2) is 66.7 Å². The fraction of sp³-hybridized carbons (Fsp3) is 0.0500. The van der Waals surface area contributed by atoms with Crippen LogP contribution >= 0.6 is 11.6 Å². The second-order valence-electron chi connectivity index (χ2n) is 5.85. The minimum atomic E-state index is -0.206. The van der Waals surface area contributed by atoms with Crippen LogP contribution in [-0.2, 0) is 0 Å². The fourth-order valence-electron chi connectivity index (χ4n) is 2.63. The van der Waals surface area contributed by atoms with Gasteiger partial charge in [-0.05, 0) is 66.7 Å². The second-order valence-corrected chi connectivity index (χ2v) is 6.29. The summed E-state index contributed by atoms with van der Waals surface area (Å²) in [5.41, 5.74) is 3.40. The van der Waals surface area contributed by atoms with Gasteiger partial charge in [0, 0.05) is 16.3 Å². The molecule has 1 heterocycles. The highest BCUT2D eigenvalue weighted by Crippen LogP contribution is 2.20. The topological polar surface area (TPSA) is 69.0 Å². The molecule has 0 unspecified atom stereocenters. The lowest BCUT2D eigenvalue weighted by molar-refractivity contribution is 0.102. The van der Waals surface area contributed by atoms with Crippen molar-refractivity contribution in [1.82, 2.24) is 15.0 Å². The van der Waals surface area contributed by atoms with Gasteiger partial charge in [0.25, 0.3) is 5.91 Å². The van der Waals surface area contributed by atoms with Crippen LogP contribution < -0.4 is 10.1 Å². The number of fused-ring (bicyclic) bond motifs is 1. The molecule has 0 saturated carbocycles. The number of nitrogens with zero attached hydrogens (tertiary/aromatic N) is 3. The standard InChI is InChI=1S/C20H15ClN4O2/c1-27-17-9-2-13(3-10-17)20(26)22-15-6-11-18-19(12-15)24-25(23-18)16-7-4-14(21)5-8-16/h2-12H,1H3,(H,22,26). The molecule has 0 aliphatic carbocycles. The molecule has 1 aromatic heterocycles. The molecule has 0 bridgehead atoms. The molecule has 0 fully saturated rings. The Morgan fingerprint density at radius 1 is 0.963 bits per heavy atom. The molecule has 0 radical (unpaired) electrons. The number of nitrogens with one attached hydrogen (secondary N) is 1. The Bertz CT molecular complexity index is 1110. The highest BCUT2D eigenvalue weighted by atomic mass is 35.5. The van der Waals surface area contributed by atoms with E-state index < -0.39 is 0 Å². The average molecular weight is 379 g/mol. The first-order valence-corrected chi connectivity index (χ1v) is 8.59. The number of methoxy groups -OCH3 is 1. The van der Waals surface area contributed by atoms with Crippen molar-refractivity contribution >= 4 is 34.2 Å². The lowest BCUT2D eigenvalue weighted by atomic mass is 10.2. The van der Waals surface area contributed by atoms with Crippen molar-refractivity contribution in [2.75, 3.05) is 12.4 Å². The second kappa shape index (κ2) is 7.09. The van der Waals surface area contributed by atoms with Crippen LogP contribution in [0, 0.1) is 0 Å². The third-order valence-electron chi connectivity index (χ3n) is 4.05. The minimum absolute atomic E-state index is 0.206. The van der Waals surface area contributed by atoms with Crippen LogP contribution in [0.1, 0.15) is 10.4 Å². The molecular formula is C20H15ClN4O2. The van der Waals surface area contributed by atoms with Crippen molar-refractivity contribution < 1.29 is 9.53 Å².